The Bertz CT molecular complexity index is 1270. The molecule has 3 aliphatic rings. The van der Waals surface area contributed by atoms with Gasteiger partial charge in [-0.2, -0.15) is 5.10 Å². The van der Waals surface area contributed by atoms with Crippen molar-refractivity contribution in [3.63, 3.8) is 0 Å². The normalized spacial score (nSPS) is 23.8. The van der Waals surface area contributed by atoms with Gasteiger partial charge in [0.05, 0.1) is 31.4 Å². The lowest BCUT2D eigenvalue weighted by Gasteiger charge is -2.36. The van der Waals surface area contributed by atoms with Crippen LogP contribution >= 0.6 is 0 Å². The zero-order chi connectivity index (χ0) is 25.5. The predicted molar refractivity (Wildman–Crippen MR) is 146 cm³/mol. The van der Waals surface area contributed by atoms with Crippen molar-refractivity contribution in [1.29, 1.82) is 0 Å². The lowest BCUT2D eigenvalue weighted by atomic mass is 9.85. The Balaban J connectivity index is 1.31. The molecule has 10 heteroatoms. The van der Waals surface area contributed by atoms with Gasteiger partial charge >= 0.3 is 0 Å². The van der Waals surface area contributed by atoms with E-state index >= 15 is 0 Å². The van der Waals surface area contributed by atoms with Crippen LogP contribution in [0.25, 0.3) is 16.7 Å². The highest BCUT2D eigenvalue weighted by molar-refractivity contribution is 6.37. The summed E-state index contributed by atoms with van der Waals surface area (Å²) in [5.74, 6) is 2.88. The number of nitrogens with zero attached hydrogens (tertiary/aromatic N) is 6. The van der Waals surface area contributed by atoms with Crippen molar-refractivity contribution < 1.29 is 14.6 Å². The summed E-state index contributed by atoms with van der Waals surface area (Å²) in [6.45, 7) is 10.2. The second-order valence-electron chi connectivity index (χ2n) is 10.8. The zero-order valence-electron chi connectivity index (χ0n) is 22.2. The van der Waals surface area contributed by atoms with Crippen LogP contribution in [0.4, 0.5) is 5.82 Å². The van der Waals surface area contributed by atoms with E-state index in [1.807, 2.05) is 17.7 Å². The van der Waals surface area contributed by atoms with Gasteiger partial charge in [-0.1, -0.05) is 0 Å². The van der Waals surface area contributed by atoms with Crippen molar-refractivity contribution >= 4 is 30.2 Å². The van der Waals surface area contributed by atoms with Crippen LogP contribution in [-0.2, 0) is 9.47 Å². The van der Waals surface area contributed by atoms with Gasteiger partial charge in [0.25, 0.3) is 0 Å². The molecule has 6 rings (SSSR count). The lowest BCUT2D eigenvalue weighted by molar-refractivity contribution is 0.00335. The first-order valence-corrected chi connectivity index (χ1v) is 13.7. The number of aliphatic hydroxyl groups excluding tert-OH is 1. The van der Waals surface area contributed by atoms with Crippen LogP contribution in [0, 0.1) is 13.8 Å². The molecule has 0 bridgehead atoms. The molecule has 2 atom stereocenters. The highest BCUT2D eigenvalue weighted by Crippen LogP contribution is 2.34. The number of anilines is 1. The number of aliphatic hydroxyl groups is 1. The van der Waals surface area contributed by atoms with Gasteiger partial charge in [0.2, 0.25) is 0 Å². The molecule has 3 fully saturated rings. The standard InChI is InChI=1S/C27H37BN6O3/c1-17-11-23-24(12-22(17)19-3-6-32(7-4-19)20-5-9-36-16-20)34(31-27(23)28)26-13-25(29-18(2)30-26)33-8-10-37-21(14-33)15-35/h11-13,19-21,35H,3-10,14-16,28H2,1-2H3/t20-,21+/m0/s1. The molecule has 1 aromatic carbocycles. The number of hydrogen-bond acceptors (Lipinski definition) is 8. The maximum Gasteiger partial charge on any atom is 0.167 e. The molecule has 3 aliphatic heterocycles. The van der Waals surface area contributed by atoms with Gasteiger partial charge in [-0.3, -0.25) is 4.90 Å². The minimum Gasteiger partial charge on any atom is -0.394 e. The molecular weight excluding hydrogens is 467 g/mol. The van der Waals surface area contributed by atoms with Crippen LogP contribution < -0.4 is 10.5 Å². The highest BCUT2D eigenvalue weighted by atomic mass is 16.5. The van der Waals surface area contributed by atoms with E-state index in [0.717, 1.165) is 55.6 Å². The van der Waals surface area contributed by atoms with Gasteiger partial charge < -0.3 is 19.5 Å². The average Bonchev–Trinajstić information content (AvgIpc) is 3.57. The fraction of sp³-hybridized carbons (Fsp3) is 0.593. The van der Waals surface area contributed by atoms with E-state index in [1.54, 1.807) is 0 Å². The summed E-state index contributed by atoms with van der Waals surface area (Å²) in [5.41, 5.74) is 4.89. The topological polar surface area (TPSA) is 88.8 Å². The molecule has 0 unspecified atom stereocenters. The van der Waals surface area contributed by atoms with E-state index in [4.69, 9.17) is 24.5 Å². The third-order valence-corrected chi connectivity index (χ3v) is 8.34. The van der Waals surface area contributed by atoms with Gasteiger partial charge in [-0.05, 0) is 75.4 Å². The molecule has 9 nitrogen and oxygen atoms in total. The van der Waals surface area contributed by atoms with Crippen molar-refractivity contribution in [2.24, 2.45) is 0 Å². The van der Waals surface area contributed by atoms with Crippen LogP contribution in [0.15, 0.2) is 18.2 Å². The fourth-order valence-electron chi connectivity index (χ4n) is 6.28. The molecule has 0 radical (unpaired) electrons. The van der Waals surface area contributed by atoms with E-state index in [2.05, 4.69) is 36.7 Å². The Morgan fingerprint density at radius 1 is 1.03 bits per heavy atom. The smallest absolute Gasteiger partial charge is 0.167 e. The summed E-state index contributed by atoms with van der Waals surface area (Å²) in [6.07, 6.45) is 3.32. The number of likely N-dealkylation sites (tertiary alicyclic amines) is 1. The highest BCUT2D eigenvalue weighted by Gasteiger charge is 2.29. The van der Waals surface area contributed by atoms with Crippen LogP contribution in [0.2, 0.25) is 0 Å². The minimum atomic E-state index is -0.196. The molecule has 37 heavy (non-hydrogen) atoms. The Kier molecular flexibility index (Phi) is 6.92. The molecule has 0 amide bonds. The number of fused-ring (bicyclic) bond motifs is 1. The van der Waals surface area contributed by atoms with Gasteiger partial charge in [0.1, 0.15) is 11.6 Å². The van der Waals surface area contributed by atoms with E-state index in [0.29, 0.717) is 30.9 Å². The van der Waals surface area contributed by atoms with Crippen molar-refractivity contribution in [2.75, 3.05) is 57.5 Å². The first kappa shape index (κ1) is 24.8. The first-order valence-electron chi connectivity index (χ1n) is 13.7. The Hall–Kier alpha value is -2.53. The summed E-state index contributed by atoms with van der Waals surface area (Å²) in [7, 11) is 2.07. The summed E-state index contributed by atoms with van der Waals surface area (Å²) in [5, 5.41) is 15.7. The molecule has 196 valence electrons. The van der Waals surface area contributed by atoms with Crippen molar-refractivity contribution in [1.82, 2.24) is 24.6 Å². The summed E-state index contributed by atoms with van der Waals surface area (Å²) in [6, 6.07) is 7.28. The number of morpholine rings is 1. The number of aromatic nitrogens is 4. The van der Waals surface area contributed by atoms with E-state index in [9.17, 15) is 5.11 Å². The van der Waals surface area contributed by atoms with Gasteiger partial charge in [0.15, 0.2) is 13.7 Å². The second-order valence-corrected chi connectivity index (χ2v) is 10.8. The summed E-state index contributed by atoms with van der Waals surface area (Å²) >= 11 is 0. The third kappa shape index (κ3) is 4.88. The number of rotatable bonds is 5. The van der Waals surface area contributed by atoms with Crippen LogP contribution in [0.1, 0.15) is 42.1 Å². The van der Waals surface area contributed by atoms with Gasteiger partial charge in [-0.15, -0.1) is 0 Å². The fourth-order valence-corrected chi connectivity index (χ4v) is 6.28. The zero-order valence-corrected chi connectivity index (χ0v) is 22.2. The van der Waals surface area contributed by atoms with Crippen molar-refractivity contribution in [2.45, 2.75) is 51.2 Å². The van der Waals surface area contributed by atoms with Gasteiger partial charge in [0, 0.05) is 42.8 Å². The Morgan fingerprint density at radius 3 is 2.59 bits per heavy atom. The van der Waals surface area contributed by atoms with E-state index in [-0.39, 0.29) is 12.7 Å². The van der Waals surface area contributed by atoms with Crippen LogP contribution in [0.5, 0.6) is 0 Å². The molecule has 2 aromatic heterocycles. The molecule has 0 aliphatic carbocycles. The molecule has 1 N–H and O–H groups in total. The molecule has 5 heterocycles. The number of hydrogen-bond donors (Lipinski definition) is 1. The number of ether oxygens (including phenoxy) is 2. The van der Waals surface area contributed by atoms with Crippen LogP contribution in [0.3, 0.4) is 0 Å². The summed E-state index contributed by atoms with van der Waals surface area (Å²) in [4.78, 5) is 14.3. The first-order chi connectivity index (χ1) is 18.0. The maximum absolute atomic E-state index is 9.58. The largest absolute Gasteiger partial charge is 0.394 e. The second kappa shape index (κ2) is 10.3. The van der Waals surface area contributed by atoms with E-state index < -0.39 is 0 Å². The summed E-state index contributed by atoms with van der Waals surface area (Å²) < 4.78 is 13.3. The molecule has 0 saturated carbocycles. The number of aryl methyl sites for hydroxylation is 2. The third-order valence-electron chi connectivity index (χ3n) is 8.34. The SMILES string of the molecule is Bc1nn(-c2cc(N3CCO[C@@H](CO)C3)nc(C)n2)c2cc(C3CCN([C@H]4CCOC4)CC3)c(C)cc12. The van der Waals surface area contributed by atoms with Gasteiger partial charge in [-0.25, -0.2) is 14.6 Å². The van der Waals surface area contributed by atoms with Crippen molar-refractivity contribution in [3.8, 4) is 5.82 Å². The minimum absolute atomic E-state index is 0.00585. The lowest BCUT2D eigenvalue weighted by Crippen LogP contribution is -2.44. The molecule has 3 saturated heterocycles. The van der Waals surface area contributed by atoms with Crippen LogP contribution in [-0.4, -0.2) is 102 Å². The molecular formula is C27H37BN6O3. The Labute approximate surface area is 219 Å². The maximum atomic E-state index is 9.58. The predicted octanol–water partition coefficient (Wildman–Crippen LogP) is 0.857. The number of benzene rings is 1. The number of piperidine rings is 1. The molecule has 3 aromatic rings. The Morgan fingerprint density at radius 2 is 1.84 bits per heavy atom. The average molecular weight is 504 g/mol. The van der Waals surface area contributed by atoms with Crippen molar-refractivity contribution in [3.05, 3.63) is 35.2 Å². The quantitative estimate of drug-likeness (QED) is 0.512. The van der Waals surface area contributed by atoms with E-state index in [1.165, 1.54) is 35.8 Å². The molecule has 0 spiro atoms. The monoisotopic (exact) mass is 504 g/mol.